The van der Waals surface area contributed by atoms with Crippen LogP contribution in [0.15, 0.2) is 22.0 Å². The molecule has 10 heteroatoms. The number of pyridine rings is 1. The summed E-state index contributed by atoms with van der Waals surface area (Å²) in [5.74, 6) is 1.11. The number of aromatic nitrogens is 1. The van der Waals surface area contributed by atoms with E-state index in [2.05, 4.69) is 15.0 Å². The van der Waals surface area contributed by atoms with Crippen molar-refractivity contribution >= 4 is 33.1 Å². The van der Waals surface area contributed by atoms with Gasteiger partial charge in [-0.1, -0.05) is 38.5 Å². The lowest BCUT2D eigenvalue weighted by Gasteiger charge is -2.29. The molecule has 2 aromatic rings. The number of urea groups is 1. The zero-order valence-corrected chi connectivity index (χ0v) is 21.1. The first-order valence-electron chi connectivity index (χ1n) is 11.6. The lowest BCUT2D eigenvalue weighted by molar-refractivity contribution is 0.0786. The highest BCUT2D eigenvalue weighted by Crippen LogP contribution is 2.36. The number of nitrogens with zero attached hydrogens (tertiary/aromatic N) is 2. The van der Waals surface area contributed by atoms with Gasteiger partial charge in [0.15, 0.2) is 4.21 Å². The Morgan fingerprint density at radius 1 is 1.18 bits per heavy atom. The minimum absolute atomic E-state index is 0.155. The average molecular weight is 503 g/mol. The molecule has 0 saturated heterocycles. The minimum atomic E-state index is -4.31. The van der Waals surface area contributed by atoms with E-state index in [0.29, 0.717) is 17.5 Å². The van der Waals surface area contributed by atoms with Crippen LogP contribution in [0.5, 0.6) is 0 Å². The number of anilines is 1. The van der Waals surface area contributed by atoms with Crippen molar-refractivity contribution in [3.8, 4) is 6.07 Å². The van der Waals surface area contributed by atoms with Gasteiger partial charge in [-0.2, -0.15) is 5.26 Å². The van der Waals surface area contributed by atoms with E-state index in [1.807, 2.05) is 6.07 Å². The SMILES string of the molecule is CC(C)(O)c1csc(S(=O)(=O)NC(=O)Nc2c(CC3CCC3)cncc2CC2CCC2)c1C#N. The van der Waals surface area contributed by atoms with Gasteiger partial charge in [0.05, 0.1) is 16.9 Å². The Hall–Kier alpha value is -2.48. The maximum absolute atomic E-state index is 13.0. The molecule has 4 rings (SSSR count). The molecule has 0 atom stereocenters. The van der Waals surface area contributed by atoms with E-state index < -0.39 is 21.7 Å². The van der Waals surface area contributed by atoms with Gasteiger partial charge in [0.25, 0.3) is 10.0 Å². The summed E-state index contributed by atoms with van der Waals surface area (Å²) in [7, 11) is -4.31. The molecule has 34 heavy (non-hydrogen) atoms. The molecule has 2 aromatic heterocycles. The molecule has 3 N–H and O–H groups in total. The number of carbonyl (C=O) groups is 1. The van der Waals surface area contributed by atoms with Gasteiger partial charge >= 0.3 is 6.03 Å². The molecule has 0 aliphatic heterocycles. The van der Waals surface area contributed by atoms with Gasteiger partial charge in [-0.15, -0.1) is 11.3 Å². The molecule has 2 heterocycles. The monoisotopic (exact) mass is 502 g/mol. The highest BCUT2D eigenvalue weighted by atomic mass is 32.2. The van der Waals surface area contributed by atoms with Crippen LogP contribution in [-0.4, -0.2) is 24.5 Å². The molecule has 2 saturated carbocycles. The summed E-state index contributed by atoms with van der Waals surface area (Å²) in [5.41, 5.74) is 1.16. The summed E-state index contributed by atoms with van der Waals surface area (Å²) in [6.45, 7) is 2.95. The van der Waals surface area contributed by atoms with E-state index >= 15 is 0 Å². The third-order valence-corrected chi connectivity index (χ3v) is 9.67. The van der Waals surface area contributed by atoms with Gasteiger partial charge in [0, 0.05) is 18.0 Å². The minimum Gasteiger partial charge on any atom is -0.386 e. The van der Waals surface area contributed by atoms with Crippen molar-refractivity contribution in [1.82, 2.24) is 9.71 Å². The Kier molecular flexibility index (Phi) is 6.99. The van der Waals surface area contributed by atoms with Crippen LogP contribution in [0.4, 0.5) is 10.5 Å². The molecule has 182 valence electrons. The quantitative estimate of drug-likeness (QED) is 0.489. The van der Waals surface area contributed by atoms with E-state index in [4.69, 9.17) is 0 Å². The Balaban J connectivity index is 1.57. The predicted molar refractivity (Wildman–Crippen MR) is 130 cm³/mol. The molecule has 2 amide bonds. The summed E-state index contributed by atoms with van der Waals surface area (Å²) >= 11 is 0.804. The van der Waals surface area contributed by atoms with Gasteiger partial charge in [0.2, 0.25) is 0 Å². The summed E-state index contributed by atoms with van der Waals surface area (Å²) in [5, 5.41) is 24.0. The maximum atomic E-state index is 13.0. The number of sulfonamides is 1. The first-order valence-corrected chi connectivity index (χ1v) is 14.0. The number of aliphatic hydroxyl groups is 1. The van der Waals surface area contributed by atoms with Gasteiger partial charge in [-0.3, -0.25) is 4.98 Å². The lowest BCUT2D eigenvalue weighted by atomic mass is 9.79. The van der Waals surface area contributed by atoms with Crippen molar-refractivity contribution in [2.24, 2.45) is 11.8 Å². The fourth-order valence-corrected chi connectivity index (χ4v) is 6.93. The topological polar surface area (TPSA) is 132 Å². The van der Waals surface area contributed by atoms with Crippen LogP contribution in [0, 0.1) is 23.2 Å². The number of hydrogen-bond acceptors (Lipinski definition) is 7. The van der Waals surface area contributed by atoms with Crippen LogP contribution in [0.1, 0.15) is 74.6 Å². The molecule has 0 unspecified atom stereocenters. The number of carbonyl (C=O) groups excluding carboxylic acids is 1. The van der Waals surface area contributed by atoms with Gasteiger partial charge in [0.1, 0.15) is 6.07 Å². The normalized spacial score (nSPS) is 16.9. The second-order valence-corrected chi connectivity index (χ2v) is 12.6. The number of nitriles is 1. The van der Waals surface area contributed by atoms with Crippen LogP contribution in [0.2, 0.25) is 0 Å². The molecule has 2 aliphatic carbocycles. The highest BCUT2D eigenvalue weighted by Gasteiger charge is 2.31. The Bertz CT molecular complexity index is 1180. The van der Waals surface area contributed by atoms with Crippen LogP contribution < -0.4 is 10.0 Å². The standard InChI is InChI=1S/C24H30N4O4S2/c1-24(2,30)20-14-33-22(19(20)11-25)34(31,32)28-23(29)27-21-17(9-15-5-3-6-15)12-26-13-18(21)10-16-7-4-8-16/h12-16,30H,3-10H2,1-2H3,(H2,26,27,28,29). The molecule has 0 spiro atoms. The molecule has 0 aromatic carbocycles. The third-order valence-electron chi connectivity index (χ3n) is 6.81. The van der Waals surface area contributed by atoms with Crippen LogP contribution in [0.25, 0.3) is 0 Å². The van der Waals surface area contributed by atoms with Crippen LogP contribution in [-0.2, 0) is 28.5 Å². The molecule has 2 aliphatic rings. The highest BCUT2D eigenvalue weighted by molar-refractivity contribution is 7.92. The van der Waals surface area contributed by atoms with E-state index in [1.165, 1.54) is 32.1 Å². The van der Waals surface area contributed by atoms with E-state index in [1.54, 1.807) is 12.4 Å². The average Bonchev–Trinajstić information content (AvgIpc) is 3.14. The van der Waals surface area contributed by atoms with E-state index in [-0.39, 0.29) is 15.3 Å². The molecular weight excluding hydrogens is 472 g/mol. The molecule has 8 nitrogen and oxygen atoms in total. The number of rotatable bonds is 8. The van der Waals surface area contributed by atoms with Gasteiger partial charge in [-0.25, -0.2) is 17.9 Å². The van der Waals surface area contributed by atoms with Crippen molar-refractivity contribution in [2.75, 3.05) is 5.32 Å². The van der Waals surface area contributed by atoms with Crippen molar-refractivity contribution < 1.29 is 18.3 Å². The van der Waals surface area contributed by atoms with Crippen LogP contribution in [0.3, 0.4) is 0 Å². The number of hydrogen-bond donors (Lipinski definition) is 3. The Morgan fingerprint density at radius 2 is 1.74 bits per heavy atom. The Labute approximate surface area is 204 Å². The lowest BCUT2D eigenvalue weighted by Crippen LogP contribution is -2.35. The molecule has 2 fully saturated rings. The smallest absolute Gasteiger partial charge is 0.333 e. The summed E-state index contributed by atoms with van der Waals surface area (Å²) in [4.78, 5) is 17.3. The van der Waals surface area contributed by atoms with Crippen LogP contribution >= 0.6 is 11.3 Å². The number of amides is 2. The molecule has 0 radical (unpaired) electrons. The summed E-state index contributed by atoms with van der Waals surface area (Å²) in [6.07, 6.45) is 12.1. The van der Waals surface area contributed by atoms with E-state index in [9.17, 15) is 23.6 Å². The summed E-state index contributed by atoms with van der Waals surface area (Å²) < 4.78 is 27.7. The van der Waals surface area contributed by atoms with Crippen molar-refractivity contribution in [1.29, 1.82) is 5.26 Å². The second-order valence-electron chi connectivity index (χ2n) is 9.88. The number of thiophene rings is 1. The fraction of sp³-hybridized carbons (Fsp3) is 0.542. The predicted octanol–water partition coefficient (Wildman–Crippen LogP) is 4.44. The third kappa shape index (κ3) is 5.27. The maximum Gasteiger partial charge on any atom is 0.333 e. The second kappa shape index (κ2) is 9.64. The van der Waals surface area contributed by atoms with Crippen molar-refractivity contribution in [2.45, 2.75) is 75.0 Å². The zero-order valence-electron chi connectivity index (χ0n) is 19.4. The first kappa shape index (κ1) is 24.6. The Morgan fingerprint density at radius 3 is 2.18 bits per heavy atom. The molecular formula is C24H30N4O4S2. The van der Waals surface area contributed by atoms with Crippen molar-refractivity contribution in [3.63, 3.8) is 0 Å². The van der Waals surface area contributed by atoms with E-state index in [0.717, 1.165) is 61.0 Å². The van der Waals surface area contributed by atoms with Gasteiger partial charge < -0.3 is 10.4 Å². The number of nitrogens with one attached hydrogen (secondary N) is 2. The zero-order chi connectivity index (χ0) is 24.5. The fourth-order valence-electron chi connectivity index (χ4n) is 4.44. The first-order chi connectivity index (χ1) is 16.1. The molecule has 0 bridgehead atoms. The van der Waals surface area contributed by atoms with Gasteiger partial charge in [-0.05, 0) is 55.0 Å². The summed E-state index contributed by atoms with van der Waals surface area (Å²) in [6, 6.07) is 0.981. The largest absolute Gasteiger partial charge is 0.386 e. The van der Waals surface area contributed by atoms with Crippen molar-refractivity contribution in [3.05, 3.63) is 40.0 Å².